The van der Waals surface area contributed by atoms with Crippen LogP contribution in [0.3, 0.4) is 0 Å². The summed E-state index contributed by atoms with van der Waals surface area (Å²) in [6, 6.07) is 29.6. The van der Waals surface area contributed by atoms with Crippen LogP contribution in [-0.2, 0) is 0 Å². The lowest BCUT2D eigenvalue weighted by Crippen LogP contribution is -1.88. The third-order valence-electron chi connectivity index (χ3n) is 3.34. The first-order valence-electron chi connectivity index (χ1n) is 7.16. The summed E-state index contributed by atoms with van der Waals surface area (Å²) in [4.78, 5) is 4.01. The molecule has 22 heavy (non-hydrogen) atoms. The number of hydrogen-bond acceptors (Lipinski definition) is 1. The first kappa shape index (κ1) is 14.5. The van der Waals surface area contributed by atoms with Crippen molar-refractivity contribution in [3.8, 4) is 5.75 Å². The fraction of sp³-hybridized carbons (Fsp3) is 0. The van der Waals surface area contributed by atoms with E-state index in [2.05, 4.69) is 79.4 Å². The molecule has 3 aromatic carbocycles. The third kappa shape index (κ3) is 3.23. The van der Waals surface area contributed by atoms with Crippen LogP contribution in [0.25, 0.3) is 0 Å². The van der Waals surface area contributed by atoms with E-state index < -0.39 is 10.9 Å². The van der Waals surface area contributed by atoms with Crippen molar-refractivity contribution in [3.05, 3.63) is 97.8 Å². The van der Waals surface area contributed by atoms with Gasteiger partial charge in [-0.05, 0) is 63.2 Å². The first-order valence-corrected chi connectivity index (χ1v) is 8.50. The minimum absolute atomic E-state index is 0.549. The second-order valence-corrected chi connectivity index (χ2v) is 7.00. The maximum atomic E-state index is 5.32. The van der Waals surface area contributed by atoms with Crippen molar-refractivity contribution >= 4 is 10.9 Å². The second kappa shape index (κ2) is 7.01. The molecule has 2 heteroatoms. The van der Waals surface area contributed by atoms with Crippen molar-refractivity contribution in [2.24, 2.45) is 0 Å². The van der Waals surface area contributed by atoms with Gasteiger partial charge in [0.2, 0.25) is 0 Å². The molecule has 1 nitrogen and oxygen atoms in total. The average molecular weight is 306 g/mol. The summed E-state index contributed by atoms with van der Waals surface area (Å²) in [7, 11) is -0.549. The van der Waals surface area contributed by atoms with E-state index in [9.17, 15) is 0 Å². The van der Waals surface area contributed by atoms with Gasteiger partial charge in [0.05, 0.1) is 6.26 Å². The van der Waals surface area contributed by atoms with E-state index in [1.54, 1.807) is 0 Å². The quantitative estimate of drug-likeness (QED) is 0.471. The van der Waals surface area contributed by atoms with Crippen LogP contribution >= 0.6 is 10.9 Å². The van der Waals surface area contributed by atoms with Gasteiger partial charge in [-0.1, -0.05) is 43.0 Å². The molecule has 3 aromatic rings. The lowest BCUT2D eigenvalue weighted by molar-refractivity contribution is 0.483. The molecule has 0 saturated carbocycles. The first-order chi connectivity index (χ1) is 10.9. The maximum Gasteiger partial charge on any atom is 0.126 e. The zero-order chi connectivity index (χ0) is 15.2. The Morgan fingerprint density at radius 2 is 1.09 bits per heavy atom. The molecule has 0 fully saturated rings. The highest BCUT2D eigenvalue weighted by Crippen LogP contribution is 2.51. The molecule has 0 aromatic heterocycles. The Labute approximate surface area is 134 Å². The molecule has 0 aliphatic rings. The maximum absolute atomic E-state index is 5.32. The Kier molecular flexibility index (Phi) is 4.62. The molecule has 0 amide bonds. The molecule has 0 aliphatic heterocycles. The molecule has 0 unspecified atom stereocenters. The number of thiol groups is 1. The summed E-state index contributed by atoms with van der Waals surface area (Å²) in [5, 5.41) is 0. The molecule has 0 bridgehead atoms. The molecular weight excluding hydrogens is 288 g/mol. The topological polar surface area (TPSA) is 9.23 Å². The van der Waals surface area contributed by atoms with Crippen LogP contribution in [0.1, 0.15) is 0 Å². The highest BCUT2D eigenvalue weighted by atomic mass is 32.2. The van der Waals surface area contributed by atoms with Gasteiger partial charge in [-0.25, -0.2) is 0 Å². The smallest absolute Gasteiger partial charge is 0.126 e. The zero-order valence-electron chi connectivity index (χ0n) is 12.2. The van der Waals surface area contributed by atoms with Crippen LogP contribution in [-0.4, -0.2) is 0 Å². The minimum atomic E-state index is -0.549. The summed E-state index contributed by atoms with van der Waals surface area (Å²) in [5.41, 5.74) is 0. The van der Waals surface area contributed by atoms with Crippen molar-refractivity contribution in [2.75, 3.05) is 0 Å². The standard InChI is InChI=1S/C20H18OS/c1-2-21-17-13-15-20(16-14-17)22(18-9-5-3-6-10-18)19-11-7-4-8-12-19/h2-16,22H,1H2. The molecule has 0 radical (unpaired) electrons. The number of benzene rings is 3. The monoisotopic (exact) mass is 306 g/mol. The van der Waals surface area contributed by atoms with E-state index in [4.69, 9.17) is 4.74 Å². The fourth-order valence-corrected chi connectivity index (χ4v) is 4.65. The van der Waals surface area contributed by atoms with E-state index in [1.165, 1.54) is 20.9 Å². The van der Waals surface area contributed by atoms with E-state index in [1.807, 2.05) is 12.1 Å². The van der Waals surface area contributed by atoms with Gasteiger partial charge in [0.1, 0.15) is 5.75 Å². The van der Waals surface area contributed by atoms with E-state index in [0.29, 0.717) is 0 Å². The summed E-state index contributed by atoms with van der Waals surface area (Å²) in [5.74, 6) is 0.815. The number of hydrogen-bond donors (Lipinski definition) is 1. The van der Waals surface area contributed by atoms with Gasteiger partial charge >= 0.3 is 0 Å². The lowest BCUT2D eigenvalue weighted by atomic mass is 10.3. The Hall–Kier alpha value is -2.45. The predicted molar refractivity (Wildman–Crippen MR) is 93.9 cm³/mol. The van der Waals surface area contributed by atoms with Crippen LogP contribution in [0.5, 0.6) is 5.75 Å². The largest absolute Gasteiger partial charge is 0.466 e. The molecule has 110 valence electrons. The van der Waals surface area contributed by atoms with Crippen LogP contribution in [0.4, 0.5) is 0 Å². The normalized spacial score (nSPS) is 10.8. The molecule has 0 spiro atoms. The van der Waals surface area contributed by atoms with Crippen molar-refractivity contribution in [1.82, 2.24) is 0 Å². The molecule has 0 heterocycles. The SMILES string of the molecule is C=COc1ccc([SH](c2ccccc2)c2ccccc2)cc1. The Morgan fingerprint density at radius 1 is 0.636 bits per heavy atom. The van der Waals surface area contributed by atoms with Gasteiger partial charge < -0.3 is 4.74 Å². The average Bonchev–Trinajstić information content (AvgIpc) is 2.59. The van der Waals surface area contributed by atoms with Gasteiger partial charge in [0.25, 0.3) is 0 Å². The van der Waals surface area contributed by atoms with E-state index in [0.717, 1.165) is 5.75 Å². The van der Waals surface area contributed by atoms with Crippen LogP contribution < -0.4 is 4.74 Å². The predicted octanol–water partition coefficient (Wildman–Crippen LogP) is 5.69. The number of rotatable bonds is 5. The van der Waals surface area contributed by atoms with Crippen molar-refractivity contribution in [1.29, 1.82) is 0 Å². The second-order valence-electron chi connectivity index (χ2n) is 4.78. The van der Waals surface area contributed by atoms with Crippen molar-refractivity contribution in [3.63, 3.8) is 0 Å². The van der Waals surface area contributed by atoms with E-state index >= 15 is 0 Å². The highest BCUT2D eigenvalue weighted by Gasteiger charge is 2.12. The van der Waals surface area contributed by atoms with Gasteiger partial charge in [-0.15, -0.1) is 0 Å². The van der Waals surface area contributed by atoms with Crippen molar-refractivity contribution in [2.45, 2.75) is 14.7 Å². The Morgan fingerprint density at radius 3 is 1.55 bits per heavy atom. The minimum Gasteiger partial charge on any atom is -0.466 e. The van der Waals surface area contributed by atoms with Gasteiger partial charge in [0, 0.05) is 0 Å². The lowest BCUT2D eigenvalue weighted by Gasteiger charge is -2.23. The number of ether oxygens (including phenoxy) is 1. The van der Waals surface area contributed by atoms with Crippen LogP contribution in [0, 0.1) is 0 Å². The van der Waals surface area contributed by atoms with Gasteiger partial charge in [-0.2, -0.15) is 10.9 Å². The summed E-state index contributed by atoms with van der Waals surface area (Å²) in [6.45, 7) is 3.59. The molecule has 0 N–H and O–H groups in total. The molecular formula is C20H18OS. The van der Waals surface area contributed by atoms with Crippen LogP contribution in [0.2, 0.25) is 0 Å². The van der Waals surface area contributed by atoms with Crippen LogP contribution in [0.15, 0.2) is 112 Å². The molecule has 3 rings (SSSR count). The van der Waals surface area contributed by atoms with Gasteiger partial charge in [0.15, 0.2) is 0 Å². The molecule has 0 aliphatic carbocycles. The zero-order valence-corrected chi connectivity index (χ0v) is 13.1. The van der Waals surface area contributed by atoms with Crippen molar-refractivity contribution < 1.29 is 4.74 Å². The summed E-state index contributed by atoms with van der Waals surface area (Å²) in [6.07, 6.45) is 1.45. The van der Waals surface area contributed by atoms with Gasteiger partial charge in [-0.3, -0.25) is 0 Å². The molecule has 0 saturated heterocycles. The highest BCUT2D eigenvalue weighted by molar-refractivity contribution is 8.17. The third-order valence-corrected chi connectivity index (χ3v) is 5.79. The fourth-order valence-electron chi connectivity index (χ4n) is 2.37. The Bertz CT molecular complexity index is 681. The Balaban J connectivity index is 2.04. The van der Waals surface area contributed by atoms with E-state index in [-0.39, 0.29) is 0 Å². The molecule has 0 atom stereocenters. The summed E-state index contributed by atoms with van der Waals surface area (Å²) >= 11 is 0. The summed E-state index contributed by atoms with van der Waals surface area (Å²) < 4.78 is 5.32.